The molecule has 3 aromatic carbocycles. The van der Waals surface area contributed by atoms with Crippen molar-refractivity contribution in [3.63, 3.8) is 0 Å². The molecule has 0 radical (unpaired) electrons. The van der Waals surface area contributed by atoms with Crippen molar-refractivity contribution in [2.75, 3.05) is 0 Å². The Kier molecular flexibility index (Phi) is 3.33. The molecule has 7 rings (SSSR count). The fourth-order valence-electron chi connectivity index (χ4n) is 6.63. The highest BCUT2D eigenvalue weighted by Gasteiger charge is 2.72. The van der Waals surface area contributed by atoms with Crippen LogP contribution in [0, 0.1) is 0 Å². The number of amides is 2. The molecule has 3 heteroatoms. The molecule has 2 spiro atoms. The van der Waals surface area contributed by atoms with E-state index in [1.165, 1.54) is 4.90 Å². The number of rotatable bonds is 2. The van der Waals surface area contributed by atoms with Crippen LogP contribution in [0.3, 0.4) is 0 Å². The lowest BCUT2D eigenvalue weighted by molar-refractivity contribution is -0.140. The molecule has 0 aromatic heterocycles. The van der Waals surface area contributed by atoms with Crippen molar-refractivity contribution >= 4 is 11.8 Å². The van der Waals surface area contributed by atoms with E-state index in [0.717, 1.165) is 27.8 Å². The molecule has 4 aliphatic rings. The molecule has 3 nitrogen and oxygen atoms in total. The number of likely N-dealkylation sites (tertiary alicyclic amines) is 1. The van der Waals surface area contributed by atoms with Gasteiger partial charge in [0.05, 0.1) is 6.54 Å². The third-order valence-corrected chi connectivity index (χ3v) is 7.95. The Morgan fingerprint density at radius 2 is 1.09 bits per heavy atom. The summed E-state index contributed by atoms with van der Waals surface area (Å²) in [7, 11) is 0. The lowest BCUT2D eigenvalue weighted by Gasteiger charge is -2.50. The Hall–Kier alpha value is -3.72. The normalized spacial score (nSPS) is 30.7. The lowest BCUT2D eigenvalue weighted by Crippen LogP contribution is -2.54. The number of nitrogens with zero attached hydrogens (tertiary/aromatic N) is 1. The Bertz CT molecular complexity index is 1290. The molecule has 32 heavy (non-hydrogen) atoms. The molecule has 154 valence electrons. The van der Waals surface area contributed by atoms with Crippen molar-refractivity contribution in [1.82, 2.24) is 4.90 Å². The monoisotopic (exact) mass is 415 g/mol. The van der Waals surface area contributed by atoms with Crippen LogP contribution >= 0.6 is 0 Å². The highest BCUT2D eigenvalue weighted by atomic mass is 16.2. The highest BCUT2D eigenvalue weighted by molar-refractivity contribution is 6.19. The van der Waals surface area contributed by atoms with Crippen LogP contribution in [0.1, 0.15) is 39.7 Å². The van der Waals surface area contributed by atoms with E-state index in [0.29, 0.717) is 0 Å². The smallest absolute Gasteiger partial charge is 0.245 e. The average molecular weight is 415 g/mol. The van der Waals surface area contributed by atoms with Gasteiger partial charge in [-0.1, -0.05) is 103 Å². The molecule has 1 heterocycles. The van der Waals surface area contributed by atoms with Crippen molar-refractivity contribution in [1.29, 1.82) is 0 Å². The number of benzene rings is 3. The fraction of sp³-hybridized carbons (Fsp3) is 0.172. The van der Waals surface area contributed by atoms with Gasteiger partial charge in [0.15, 0.2) is 0 Å². The summed E-state index contributed by atoms with van der Waals surface area (Å²) in [4.78, 5) is 30.2. The second kappa shape index (κ2) is 5.95. The van der Waals surface area contributed by atoms with E-state index < -0.39 is 10.8 Å². The van der Waals surface area contributed by atoms with Crippen LogP contribution in [0.2, 0.25) is 0 Å². The molecule has 3 aliphatic carbocycles. The second-order valence-electron chi connectivity index (χ2n) is 9.24. The van der Waals surface area contributed by atoms with E-state index in [4.69, 9.17) is 0 Å². The van der Waals surface area contributed by atoms with Gasteiger partial charge in [-0.05, 0) is 27.8 Å². The van der Waals surface area contributed by atoms with Crippen molar-refractivity contribution in [3.8, 4) is 0 Å². The topological polar surface area (TPSA) is 37.4 Å². The third kappa shape index (κ3) is 1.85. The van der Waals surface area contributed by atoms with Crippen LogP contribution in [0.25, 0.3) is 0 Å². The zero-order valence-corrected chi connectivity index (χ0v) is 17.4. The molecule has 0 saturated carbocycles. The Labute approximate surface area is 186 Å². The molecule has 4 bridgehead atoms. The molecule has 2 amide bonds. The van der Waals surface area contributed by atoms with E-state index in [1.807, 2.05) is 54.6 Å². The minimum Gasteiger partial charge on any atom is -0.276 e. The Morgan fingerprint density at radius 3 is 1.62 bits per heavy atom. The number of carbonyl (C=O) groups is 2. The minimum absolute atomic E-state index is 0.131. The number of fused-ring (bicyclic) bond motifs is 1. The van der Waals surface area contributed by atoms with E-state index >= 15 is 0 Å². The average Bonchev–Trinajstić information content (AvgIpc) is 2.98. The van der Waals surface area contributed by atoms with Crippen LogP contribution in [0.5, 0.6) is 0 Å². The number of allylic oxidation sites excluding steroid dienone is 2. The largest absolute Gasteiger partial charge is 0.276 e. The first-order chi connectivity index (χ1) is 15.7. The van der Waals surface area contributed by atoms with Gasteiger partial charge in [0.1, 0.15) is 10.8 Å². The number of carbonyl (C=O) groups excluding carboxylic acids is 2. The molecule has 1 aliphatic heterocycles. The summed E-state index contributed by atoms with van der Waals surface area (Å²) in [5.41, 5.74) is 3.09. The van der Waals surface area contributed by atoms with Gasteiger partial charge in [0.25, 0.3) is 0 Å². The summed E-state index contributed by atoms with van der Waals surface area (Å²) in [6.45, 7) is 0.279. The van der Waals surface area contributed by atoms with Crippen molar-refractivity contribution < 1.29 is 9.59 Å². The maximum absolute atomic E-state index is 14.4. The summed E-state index contributed by atoms with van der Waals surface area (Å²) < 4.78 is 0. The van der Waals surface area contributed by atoms with Gasteiger partial charge in [0.2, 0.25) is 11.8 Å². The van der Waals surface area contributed by atoms with Gasteiger partial charge in [0, 0.05) is 11.8 Å². The summed E-state index contributed by atoms with van der Waals surface area (Å²) in [6, 6.07) is 26.2. The predicted molar refractivity (Wildman–Crippen MR) is 122 cm³/mol. The predicted octanol–water partition coefficient (Wildman–Crippen LogP) is 4.75. The number of imide groups is 1. The van der Waals surface area contributed by atoms with Crippen LogP contribution in [-0.4, -0.2) is 16.7 Å². The number of hydrogen-bond donors (Lipinski definition) is 0. The van der Waals surface area contributed by atoms with Gasteiger partial charge >= 0.3 is 0 Å². The van der Waals surface area contributed by atoms with Gasteiger partial charge < -0.3 is 0 Å². The van der Waals surface area contributed by atoms with Crippen LogP contribution in [0.4, 0.5) is 0 Å². The van der Waals surface area contributed by atoms with Gasteiger partial charge in [-0.25, -0.2) is 0 Å². The summed E-state index contributed by atoms with van der Waals surface area (Å²) in [5, 5.41) is 0. The Balaban J connectivity index is 1.57. The van der Waals surface area contributed by atoms with E-state index in [9.17, 15) is 9.59 Å². The maximum atomic E-state index is 14.4. The lowest BCUT2D eigenvalue weighted by atomic mass is 9.48. The molecule has 0 N–H and O–H groups in total. The fourth-order valence-corrected chi connectivity index (χ4v) is 6.63. The van der Waals surface area contributed by atoms with Crippen molar-refractivity contribution in [2.45, 2.75) is 29.2 Å². The van der Waals surface area contributed by atoms with E-state index in [1.54, 1.807) is 0 Å². The molecule has 1 fully saturated rings. The second-order valence-corrected chi connectivity index (χ2v) is 9.24. The quantitative estimate of drug-likeness (QED) is 0.447. The molecule has 3 aromatic rings. The standard InChI is InChI=1S/C29H21NO2/c31-26-28-16-14-20(22-10-4-6-12-24(22)28)21-15-17-29(28,25-13-7-5-11-23(21)25)27(32)30(26)18-19-8-2-1-3-9-19/h1-17,20-21H,18H2/t20-,21-,28-,29-/m1/s1. The van der Waals surface area contributed by atoms with Crippen molar-refractivity contribution in [2.24, 2.45) is 0 Å². The van der Waals surface area contributed by atoms with Crippen LogP contribution in [-0.2, 0) is 27.0 Å². The molecule has 4 atom stereocenters. The first kappa shape index (κ1) is 17.9. The zero-order valence-electron chi connectivity index (χ0n) is 17.4. The third-order valence-electron chi connectivity index (χ3n) is 7.95. The van der Waals surface area contributed by atoms with Gasteiger partial charge in [-0.2, -0.15) is 0 Å². The number of hydrogen-bond acceptors (Lipinski definition) is 2. The maximum Gasteiger partial charge on any atom is 0.245 e. The molecule has 1 saturated heterocycles. The van der Waals surface area contributed by atoms with Gasteiger partial charge in [-0.15, -0.1) is 0 Å². The molecular formula is C29H21NO2. The highest BCUT2D eigenvalue weighted by Crippen LogP contribution is 2.64. The van der Waals surface area contributed by atoms with Crippen molar-refractivity contribution in [3.05, 3.63) is 131 Å². The minimum atomic E-state index is -1.07. The summed E-state index contributed by atoms with van der Waals surface area (Å²) in [5.74, 6) is 0.0406. The van der Waals surface area contributed by atoms with Crippen LogP contribution in [0.15, 0.2) is 103 Å². The molecular weight excluding hydrogens is 394 g/mol. The van der Waals surface area contributed by atoms with Gasteiger partial charge in [-0.3, -0.25) is 14.5 Å². The van der Waals surface area contributed by atoms with Crippen LogP contribution < -0.4 is 0 Å². The van der Waals surface area contributed by atoms with E-state index in [2.05, 4.69) is 48.6 Å². The first-order valence-electron chi connectivity index (χ1n) is 11.2. The molecule has 0 unspecified atom stereocenters. The summed E-state index contributed by atoms with van der Waals surface area (Å²) >= 11 is 0. The van der Waals surface area contributed by atoms with E-state index in [-0.39, 0.29) is 30.2 Å². The summed E-state index contributed by atoms with van der Waals surface area (Å²) in [6.07, 6.45) is 8.46. The zero-order chi connectivity index (χ0) is 21.5. The Morgan fingerprint density at radius 1 is 0.625 bits per heavy atom. The first-order valence-corrected chi connectivity index (χ1v) is 11.2. The SMILES string of the molecule is O=C1N(Cc2ccccc2)C(=O)[C@@]23C=C[C@@H](c4ccccc42)[C@H]2C=C[C@@]13c1ccccc12.